The molecular weight excluding hydrogens is 228 g/mol. The number of phenolic OH excluding ortho intramolecular Hbond substituents is 1. The van der Waals surface area contributed by atoms with Gasteiger partial charge in [0.25, 0.3) is 0 Å². The molecule has 1 aliphatic rings. The molecule has 1 nitrogen and oxygen atoms in total. The van der Waals surface area contributed by atoms with Gasteiger partial charge in [-0.1, -0.05) is 34.1 Å². The lowest BCUT2D eigenvalue weighted by molar-refractivity contribution is 0.461. The molecule has 0 aliphatic heterocycles. The largest absolute Gasteiger partial charge is 0.508 e. The van der Waals surface area contributed by atoms with E-state index in [1.807, 2.05) is 18.2 Å². The summed E-state index contributed by atoms with van der Waals surface area (Å²) < 4.78 is 0. The quantitative estimate of drug-likeness (QED) is 0.747. The average molecular weight is 241 g/mol. The minimum absolute atomic E-state index is 0.453. The fourth-order valence-electron chi connectivity index (χ4n) is 2.04. The summed E-state index contributed by atoms with van der Waals surface area (Å²) in [6, 6.07) is 7.68. The van der Waals surface area contributed by atoms with Crippen molar-refractivity contribution in [1.82, 2.24) is 0 Å². The van der Waals surface area contributed by atoms with E-state index in [1.165, 1.54) is 12.8 Å². The first-order valence-corrected chi connectivity index (χ1v) is 5.61. The molecule has 70 valence electrons. The molecule has 0 saturated heterocycles. The molecule has 0 radical (unpaired) electrons. The van der Waals surface area contributed by atoms with Gasteiger partial charge in [0.2, 0.25) is 0 Å². The minimum Gasteiger partial charge on any atom is -0.508 e. The van der Waals surface area contributed by atoms with Crippen LogP contribution in [0.3, 0.4) is 0 Å². The summed E-state index contributed by atoms with van der Waals surface area (Å²) in [7, 11) is 0. The van der Waals surface area contributed by atoms with E-state index in [0.717, 1.165) is 12.0 Å². The second kappa shape index (κ2) is 3.70. The van der Waals surface area contributed by atoms with Crippen molar-refractivity contribution in [3.63, 3.8) is 0 Å². The first-order valence-electron chi connectivity index (χ1n) is 4.69. The Morgan fingerprint density at radius 1 is 1.23 bits per heavy atom. The van der Waals surface area contributed by atoms with Crippen molar-refractivity contribution in [1.29, 1.82) is 0 Å². The zero-order valence-corrected chi connectivity index (χ0v) is 9.00. The highest BCUT2D eigenvalue weighted by molar-refractivity contribution is 9.09. The standard InChI is InChI=1S/C11H13BrO/c12-9-6-5-8(7-9)10-3-1-2-4-11(10)13/h1-4,8-9,13H,5-7H2. The van der Waals surface area contributed by atoms with Gasteiger partial charge in [-0.15, -0.1) is 0 Å². The highest BCUT2D eigenvalue weighted by Gasteiger charge is 2.25. The zero-order chi connectivity index (χ0) is 9.26. The lowest BCUT2D eigenvalue weighted by Crippen LogP contribution is -1.94. The van der Waals surface area contributed by atoms with Crippen LogP contribution in [0.5, 0.6) is 5.75 Å². The lowest BCUT2D eigenvalue weighted by atomic mass is 9.97. The Labute approximate surface area is 86.9 Å². The Hall–Kier alpha value is -0.500. The Bertz CT molecular complexity index is 298. The van der Waals surface area contributed by atoms with Gasteiger partial charge in [-0.3, -0.25) is 0 Å². The van der Waals surface area contributed by atoms with Gasteiger partial charge in [-0.2, -0.15) is 0 Å². The van der Waals surface area contributed by atoms with E-state index >= 15 is 0 Å². The van der Waals surface area contributed by atoms with E-state index in [2.05, 4.69) is 15.9 Å². The molecule has 0 bridgehead atoms. The predicted octanol–water partition coefficient (Wildman–Crippen LogP) is 3.42. The molecule has 1 saturated carbocycles. The first-order chi connectivity index (χ1) is 6.27. The van der Waals surface area contributed by atoms with E-state index in [4.69, 9.17) is 0 Å². The van der Waals surface area contributed by atoms with Crippen molar-refractivity contribution in [3.8, 4) is 5.75 Å². The van der Waals surface area contributed by atoms with Gasteiger partial charge in [0.15, 0.2) is 0 Å². The summed E-state index contributed by atoms with van der Waals surface area (Å²) in [6.45, 7) is 0. The molecule has 1 aromatic rings. The van der Waals surface area contributed by atoms with E-state index in [-0.39, 0.29) is 0 Å². The van der Waals surface area contributed by atoms with Gasteiger partial charge in [0.05, 0.1) is 0 Å². The number of benzene rings is 1. The summed E-state index contributed by atoms with van der Waals surface area (Å²) in [5, 5.41) is 9.64. The fraction of sp³-hybridized carbons (Fsp3) is 0.455. The van der Waals surface area contributed by atoms with Crippen LogP contribution in [-0.2, 0) is 0 Å². The summed E-state index contributed by atoms with van der Waals surface area (Å²) in [4.78, 5) is 0.636. The Balaban J connectivity index is 2.21. The molecule has 0 spiro atoms. The van der Waals surface area contributed by atoms with Crippen molar-refractivity contribution < 1.29 is 5.11 Å². The molecule has 2 unspecified atom stereocenters. The van der Waals surface area contributed by atoms with Crippen LogP contribution in [-0.4, -0.2) is 9.93 Å². The molecule has 1 aliphatic carbocycles. The zero-order valence-electron chi connectivity index (χ0n) is 7.41. The van der Waals surface area contributed by atoms with Gasteiger partial charge in [-0.05, 0) is 36.8 Å². The number of phenols is 1. The number of para-hydroxylation sites is 1. The molecule has 2 rings (SSSR count). The number of halogens is 1. The van der Waals surface area contributed by atoms with Gasteiger partial charge >= 0.3 is 0 Å². The number of aromatic hydroxyl groups is 1. The van der Waals surface area contributed by atoms with Crippen molar-refractivity contribution in [3.05, 3.63) is 29.8 Å². The number of hydrogen-bond acceptors (Lipinski definition) is 1. The number of hydrogen-bond donors (Lipinski definition) is 1. The Kier molecular flexibility index (Phi) is 2.58. The van der Waals surface area contributed by atoms with Crippen molar-refractivity contribution >= 4 is 15.9 Å². The predicted molar refractivity (Wildman–Crippen MR) is 57.4 cm³/mol. The van der Waals surface area contributed by atoms with Crippen LogP contribution in [0.15, 0.2) is 24.3 Å². The molecule has 13 heavy (non-hydrogen) atoms. The second-order valence-electron chi connectivity index (χ2n) is 3.67. The van der Waals surface area contributed by atoms with Crippen LogP contribution in [0.2, 0.25) is 0 Å². The fourth-order valence-corrected chi connectivity index (χ4v) is 2.76. The Morgan fingerprint density at radius 3 is 2.62 bits per heavy atom. The Morgan fingerprint density at radius 2 is 2.00 bits per heavy atom. The van der Waals surface area contributed by atoms with Crippen molar-refractivity contribution in [2.45, 2.75) is 30.0 Å². The topological polar surface area (TPSA) is 20.2 Å². The minimum atomic E-state index is 0.453. The summed E-state index contributed by atoms with van der Waals surface area (Å²) in [5.74, 6) is 1.000. The second-order valence-corrected chi connectivity index (χ2v) is 4.96. The van der Waals surface area contributed by atoms with E-state index in [0.29, 0.717) is 16.5 Å². The molecule has 0 amide bonds. The molecule has 0 heterocycles. The van der Waals surface area contributed by atoms with E-state index in [1.54, 1.807) is 6.07 Å². The highest BCUT2D eigenvalue weighted by Crippen LogP contribution is 2.40. The van der Waals surface area contributed by atoms with Crippen LogP contribution in [0.1, 0.15) is 30.7 Å². The maximum Gasteiger partial charge on any atom is 0.119 e. The molecule has 2 atom stereocenters. The maximum atomic E-state index is 9.64. The number of rotatable bonds is 1. The van der Waals surface area contributed by atoms with Crippen LogP contribution in [0.25, 0.3) is 0 Å². The average Bonchev–Trinajstić information content (AvgIpc) is 2.53. The van der Waals surface area contributed by atoms with E-state index < -0.39 is 0 Å². The number of alkyl halides is 1. The maximum absolute atomic E-state index is 9.64. The van der Waals surface area contributed by atoms with Crippen LogP contribution in [0.4, 0.5) is 0 Å². The molecular formula is C11H13BrO. The van der Waals surface area contributed by atoms with Gasteiger partial charge in [0, 0.05) is 4.83 Å². The first kappa shape index (κ1) is 9.07. The third kappa shape index (κ3) is 1.88. The summed E-state index contributed by atoms with van der Waals surface area (Å²) >= 11 is 3.62. The van der Waals surface area contributed by atoms with Crippen LogP contribution in [0, 0.1) is 0 Å². The third-order valence-corrected chi connectivity index (χ3v) is 3.58. The molecule has 0 aromatic heterocycles. The highest BCUT2D eigenvalue weighted by atomic mass is 79.9. The van der Waals surface area contributed by atoms with Crippen LogP contribution >= 0.6 is 15.9 Å². The SMILES string of the molecule is Oc1ccccc1C1CCC(Br)C1. The third-order valence-electron chi connectivity index (χ3n) is 2.75. The van der Waals surface area contributed by atoms with E-state index in [9.17, 15) is 5.11 Å². The van der Waals surface area contributed by atoms with Crippen molar-refractivity contribution in [2.75, 3.05) is 0 Å². The smallest absolute Gasteiger partial charge is 0.119 e. The van der Waals surface area contributed by atoms with Crippen LogP contribution < -0.4 is 0 Å². The van der Waals surface area contributed by atoms with Crippen molar-refractivity contribution in [2.24, 2.45) is 0 Å². The molecule has 1 aromatic carbocycles. The normalized spacial score (nSPS) is 27.8. The summed E-state index contributed by atoms with van der Waals surface area (Å²) in [6.07, 6.45) is 3.56. The monoisotopic (exact) mass is 240 g/mol. The van der Waals surface area contributed by atoms with Gasteiger partial charge in [-0.25, -0.2) is 0 Å². The van der Waals surface area contributed by atoms with Gasteiger partial charge in [0.1, 0.15) is 5.75 Å². The molecule has 1 fully saturated rings. The molecule has 1 N–H and O–H groups in total. The lowest BCUT2D eigenvalue weighted by Gasteiger charge is -2.10. The van der Waals surface area contributed by atoms with Gasteiger partial charge < -0.3 is 5.11 Å². The molecule has 2 heteroatoms. The summed E-state index contributed by atoms with van der Waals surface area (Å²) in [5.41, 5.74) is 1.12.